The van der Waals surface area contributed by atoms with Gasteiger partial charge in [0, 0.05) is 10.6 Å². The summed E-state index contributed by atoms with van der Waals surface area (Å²) in [4.78, 5) is 11.6. The number of hydrogen-bond donors (Lipinski definition) is 0. The van der Waals surface area contributed by atoms with Gasteiger partial charge in [0.1, 0.15) is 0 Å². The Bertz CT molecular complexity index is 658. The second-order valence-electron chi connectivity index (χ2n) is 5.63. The fraction of sp³-hybridized carbons (Fsp3) is 0.375. The van der Waals surface area contributed by atoms with Crippen molar-refractivity contribution >= 4 is 17.6 Å². The Morgan fingerprint density at radius 3 is 2.14 bits per heavy atom. The van der Waals surface area contributed by atoms with Crippen LogP contribution in [0.1, 0.15) is 61.3 Å². The second-order valence-corrected chi connectivity index (χ2v) is 6.07. The largest absolute Gasteiger partial charge is 0.545 e. The van der Waals surface area contributed by atoms with Crippen LogP contribution in [0.3, 0.4) is 0 Å². The number of carbonyl (C=O) groups excluding carboxylic acids is 1. The zero-order valence-corrected chi connectivity index (χ0v) is 13.3. The van der Waals surface area contributed by atoms with Crippen LogP contribution in [-0.4, -0.2) is 15.7 Å². The molecule has 0 spiro atoms. The van der Waals surface area contributed by atoms with Crippen LogP contribution in [0, 0.1) is 0 Å². The van der Waals surface area contributed by atoms with Crippen molar-refractivity contribution in [2.45, 2.75) is 39.5 Å². The van der Waals surface area contributed by atoms with Crippen molar-refractivity contribution in [3.05, 3.63) is 46.2 Å². The lowest BCUT2D eigenvalue weighted by atomic mass is 9.99. The first-order valence-corrected chi connectivity index (χ1v) is 7.30. The number of benzene rings is 1. The van der Waals surface area contributed by atoms with E-state index in [-0.39, 0.29) is 17.4 Å². The van der Waals surface area contributed by atoms with Crippen molar-refractivity contribution in [3.8, 4) is 5.69 Å². The highest BCUT2D eigenvalue weighted by Gasteiger charge is 2.23. The summed E-state index contributed by atoms with van der Waals surface area (Å²) >= 11 is 5.91. The highest BCUT2D eigenvalue weighted by molar-refractivity contribution is 6.30. The van der Waals surface area contributed by atoms with E-state index in [1.807, 2.05) is 39.8 Å². The summed E-state index contributed by atoms with van der Waals surface area (Å²) in [6.45, 7) is 7.73. The summed E-state index contributed by atoms with van der Waals surface area (Å²) in [5.74, 6) is -1.17. The Morgan fingerprint density at radius 1 is 1.14 bits per heavy atom. The molecule has 4 nitrogen and oxygen atoms in total. The minimum Gasteiger partial charge on any atom is -0.545 e. The van der Waals surface area contributed by atoms with Crippen molar-refractivity contribution < 1.29 is 9.90 Å². The number of hydrogen-bond acceptors (Lipinski definition) is 3. The number of halogens is 1. The van der Waals surface area contributed by atoms with Crippen molar-refractivity contribution in [2.24, 2.45) is 0 Å². The molecule has 21 heavy (non-hydrogen) atoms. The first kappa shape index (κ1) is 15.6. The van der Waals surface area contributed by atoms with E-state index in [0.29, 0.717) is 16.4 Å². The van der Waals surface area contributed by atoms with Gasteiger partial charge in [-0.1, -0.05) is 39.3 Å². The number of aromatic nitrogens is 2. The van der Waals surface area contributed by atoms with Gasteiger partial charge >= 0.3 is 0 Å². The molecule has 0 radical (unpaired) electrons. The van der Waals surface area contributed by atoms with Crippen molar-refractivity contribution in [1.82, 2.24) is 9.78 Å². The van der Waals surface area contributed by atoms with E-state index in [4.69, 9.17) is 11.6 Å². The molecule has 0 fully saturated rings. The molecule has 2 aromatic rings. The third-order valence-corrected chi connectivity index (χ3v) is 3.57. The van der Waals surface area contributed by atoms with E-state index in [1.54, 1.807) is 16.8 Å². The minimum atomic E-state index is -1.18. The minimum absolute atomic E-state index is 0.00366. The van der Waals surface area contributed by atoms with Gasteiger partial charge in [0.15, 0.2) is 0 Å². The summed E-state index contributed by atoms with van der Waals surface area (Å²) in [5.41, 5.74) is 2.20. The van der Waals surface area contributed by atoms with Gasteiger partial charge < -0.3 is 9.90 Å². The number of aromatic carboxylic acids is 1. The molecular formula is C16H18ClN2O2-. The maximum atomic E-state index is 11.6. The second kappa shape index (κ2) is 5.90. The first-order valence-electron chi connectivity index (χ1n) is 6.93. The van der Waals surface area contributed by atoms with Gasteiger partial charge in [-0.05, 0) is 36.1 Å². The first-order chi connectivity index (χ1) is 9.82. The molecule has 0 amide bonds. The van der Waals surface area contributed by atoms with Crippen LogP contribution in [0.5, 0.6) is 0 Å². The molecule has 1 heterocycles. The number of carbonyl (C=O) groups is 1. The molecule has 1 aromatic heterocycles. The van der Waals surface area contributed by atoms with Crippen molar-refractivity contribution in [2.75, 3.05) is 0 Å². The third-order valence-electron chi connectivity index (χ3n) is 3.32. The van der Waals surface area contributed by atoms with E-state index < -0.39 is 5.97 Å². The van der Waals surface area contributed by atoms with E-state index in [2.05, 4.69) is 5.10 Å². The zero-order valence-electron chi connectivity index (χ0n) is 12.6. The average Bonchev–Trinajstić information content (AvgIpc) is 2.80. The molecule has 0 saturated carbocycles. The lowest BCUT2D eigenvalue weighted by Gasteiger charge is -2.13. The number of carboxylic acids is 1. The Balaban J connectivity index is 2.73. The predicted molar refractivity (Wildman–Crippen MR) is 81.1 cm³/mol. The van der Waals surface area contributed by atoms with Crippen LogP contribution < -0.4 is 5.11 Å². The summed E-state index contributed by atoms with van der Waals surface area (Å²) in [7, 11) is 0. The highest BCUT2D eigenvalue weighted by Crippen LogP contribution is 2.29. The molecule has 1 aromatic carbocycles. The fourth-order valence-electron chi connectivity index (χ4n) is 2.37. The molecule has 0 unspecified atom stereocenters. The van der Waals surface area contributed by atoms with Crippen LogP contribution in [0.15, 0.2) is 24.3 Å². The Kier molecular flexibility index (Phi) is 4.37. The lowest BCUT2D eigenvalue weighted by Crippen LogP contribution is -2.25. The van der Waals surface area contributed by atoms with Gasteiger partial charge in [-0.3, -0.25) is 0 Å². The topological polar surface area (TPSA) is 58.0 Å². The Morgan fingerprint density at radius 2 is 1.71 bits per heavy atom. The summed E-state index contributed by atoms with van der Waals surface area (Å²) in [6.07, 6.45) is 0. The van der Waals surface area contributed by atoms with E-state index >= 15 is 0 Å². The highest BCUT2D eigenvalue weighted by atomic mass is 35.5. The molecule has 2 rings (SSSR count). The standard InChI is InChI=1S/C16H19ClN2O2/c1-9(2)14-13(16(20)21)15(10(3)4)19(18-14)12-7-5-11(17)6-8-12/h5-10H,1-4H3,(H,20,21)/p-1. The fourth-order valence-corrected chi connectivity index (χ4v) is 2.50. The summed E-state index contributed by atoms with van der Waals surface area (Å²) < 4.78 is 1.68. The smallest absolute Gasteiger partial charge is 0.0752 e. The maximum absolute atomic E-state index is 11.6. The molecular weight excluding hydrogens is 288 g/mol. The number of rotatable bonds is 4. The summed E-state index contributed by atoms with van der Waals surface area (Å²) in [6, 6.07) is 7.17. The van der Waals surface area contributed by atoms with Crippen LogP contribution in [-0.2, 0) is 0 Å². The van der Waals surface area contributed by atoms with Crippen LogP contribution in [0.25, 0.3) is 5.69 Å². The third kappa shape index (κ3) is 2.95. The van der Waals surface area contributed by atoms with Crippen LogP contribution >= 0.6 is 11.6 Å². The SMILES string of the molecule is CC(C)c1nn(-c2ccc(Cl)cc2)c(C(C)C)c1C(=O)[O-]. The normalized spacial score (nSPS) is 11.4. The van der Waals surface area contributed by atoms with Gasteiger partial charge in [0.05, 0.1) is 23.0 Å². The molecule has 5 heteroatoms. The molecule has 0 saturated heterocycles. The number of carboxylic acid groups (broad SMARTS) is 1. The monoisotopic (exact) mass is 305 g/mol. The van der Waals surface area contributed by atoms with Gasteiger partial charge in [0.2, 0.25) is 0 Å². The Hall–Kier alpha value is -1.81. The van der Waals surface area contributed by atoms with E-state index in [9.17, 15) is 9.90 Å². The number of nitrogens with zero attached hydrogens (tertiary/aromatic N) is 2. The maximum Gasteiger partial charge on any atom is 0.0752 e. The lowest BCUT2D eigenvalue weighted by molar-refractivity contribution is -0.255. The van der Waals surface area contributed by atoms with Gasteiger partial charge in [-0.15, -0.1) is 0 Å². The Labute approximate surface area is 129 Å². The van der Waals surface area contributed by atoms with E-state index in [0.717, 1.165) is 5.69 Å². The van der Waals surface area contributed by atoms with Gasteiger partial charge in [-0.2, -0.15) is 5.10 Å². The summed E-state index contributed by atoms with van der Waals surface area (Å²) in [5, 5.41) is 16.7. The predicted octanol–water partition coefficient (Wildman–Crippen LogP) is 3.14. The van der Waals surface area contributed by atoms with Crippen LogP contribution in [0.4, 0.5) is 0 Å². The zero-order chi connectivity index (χ0) is 15.7. The quantitative estimate of drug-likeness (QED) is 0.872. The van der Waals surface area contributed by atoms with Gasteiger partial charge in [0.25, 0.3) is 0 Å². The molecule has 112 valence electrons. The van der Waals surface area contributed by atoms with E-state index in [1.165, 1.54) is 0 Å². The molecule has 0 aliphatic carbocycles. The van der Waals surface area contributed by atoms with Crippen molar-refractivity contribution in [1.29, 1.82) is 0 Å². The molecule has 0 bridgehead atoms. The molecule has 0 aliphatic rings. The van der Waals surface area contributed by atoms with Crippen LogP contribution in [0.2, 0.25) is 5.02 Å². The average molecular weight is 306 g/mol. The molecule has 0 aliphatic heterocycles. The van der Waals surface area contributed by atoms with Gasteiger partial charge in [-0.25, -0.2) is 4.68 Å². The van der Waals surface area contributed by atoms with Crippen molar-refractivity contribution in [3.63, 3.8) is 0 Å². The molecule has 0 N–H and O–H groups in total. The molecule has 0 atom stereocenters.